The fourth-order valence-electron chi connectivity index (χ4n) is 4.33. The Morgan fingerprint density at radius 2 is 1.66 bits per heavy atom. The van der Waals surface area contributed by atoms with Crippen molar-refractivity contribution in [1.82, 2.24) is 10.2 Å². The average Bonchev–Trinajstić information content (AvgIpc) is 2.93. The van der Waals surface area contributed by atoms with Crippen LogP contribution in [-0.2, 0) is 9.53 Å². The zero-order valence-corrected chi connectivity index (χ0v) is 23.0. The van der Waals surface area contributed by atoms with Crippen molar-refractivity contribution in [3.8, 4) is 0 Å². The Morgan fingerprint density at radius 1 is 0.974 bits per heavy atom. The molecule has 0 saturated heterocycles. The van der Waals surface area contributed by atoms with Crippen molar-refractivity contribution in [1.29, 1.82) is 0 Å². The molecule has 0 bridgehead atoms. The molecule has 3 aromatic carbocycles. The second-order valence-corrected chi connectivity index (χ2v) is 9.74. The fraction of sp³-hybridized carbons (Fsp3) is 0.233. The van der Waals surface area contributed by atoms with Gasteiger partial charge >= 0.3 is 12.0 Å². The summed E-state index contributed by atoms with van der Waals surface area (Å²) in [6.45, 7) is 4.50. The largest absolute Gasteiger partial charge is 0.463 e. The third kappa shape index (κ3) is 6.14. The lowest BCUT2D eigenvalue weighted by Crippen LogP contribution is -2.48. The number of halogens is 1. The van der Waals surface area contributed by atoms with Crippen LogP contribution >= 0.6 is 15.9 Å². The Balaban J connectivity index is 1.71. The minimum atomic E-state index is -0.717. The number of hydrogen-bond donors (Lipinski definition) is 2. The first kappa shape index (κ1) is 27.1. The Hall–Kier alpha value is -3.91. The van der Waals surface area contributed by atoms with Crippen LogP contribution in [0.4, 0.5) is 10.5 Å². The molecule has 3 aromatic rings. The van der Waals surface area contributed by atoms with E-state index in [1.165, 1.54) is 0 Å². The minimum Gasteiger partial charge on any atom is -0.463 e. The van der Waals surface area contributed by atoms with Gasteiger partial charge in [0.2, 0.25) is 0 Å². The molecule has 0 radical (unpaired) electrons. The van der Waals surface area contributed by atoms with E-state index in [1.807, 2.05) is 30.3 Å². The first-order chi connectivity index (χ1) is 18.4. The molecule has 1 atom stereocenters. The normalized spacial score (nSPS) is 15.2. The SMILES string of the molecule is CCCCN1C(=O)NC(c2ccc(NC(=O)c3ccc(Br)cc3)cc2)C(C(=O)OCC)=C1c1ccccc1. The lowest BCUT2D eigenvalue weighted by atomic mass is 9.91. The summed E-state index contributed by atoms with van der Waals surface area (Å²) in [5.74, 6) is -0.716. The van der Waals surface area contributed by atoms with E-state index in [2.05, 4.69) is 33.5 Å². The number of anilines is 1. The first-order valence-corrected chi connectivity index (χ1v) is 13.4. The Kier molecular flexibility index (Phi) is 8.97. The van der Waals surface area contributed by atoms with Crippen molar-refractivity contribution >= 4 is 45.2 Å². The molecule has 38 heavy (non-hydrogen) atoms. The Bertz CT molecular complexity index is 1320. The van der Waals surface area contributed by atoms with Crippen molar-refractivity contribution < 1.29 is 19.1 Å². The van der Waals surface area contributed by atoms with E-state index in [0.29, 0.717) is 34.6 Å². The maximum absolute atomic E-state index is 13.4. The number of nitrogens with zero attached hydrogens (tertiary/aromatic N) is 1. The first-order valence-electron chi connectivity index (χ1n) is 12.6. The number of ether oxygens (including phenoxy) is 1. The van der Waals surface area contributed by atoms with Gasteiger partial charge in [-0.05, 0) is 60.9 Å². The molecule has 1 heterocycles. The molecule has 1 aliphatic rings. The molecule has 0 fully saturated rings. The molecular formula is C30H30BrN3O4. The van der Waals surface area contributed by atoms with Gasteiger partial charge in [-0.3, -0.25) is 9.69 Å². The summed E-state index contributed by atoms with van der Waals surface area (Å²) in [5.41, 5.74) is 3.53. The molecular weight excluding hydrogens is 546 g/mol. The second-order valence-electron chi connectivity index (χ2n) is 8.82. The van der Waals surface area contributed by atoms with Crippen LogP contribution in [0, 0.1) is 0 Å². The Labute approximate surface area is 231 Å². The quantitative estimate of drug-likeness (QED) is 0.283. The van der Waals surface area contributed by atoms with E-state index in [1.54, 1.807) is 60.4 Å². The molecule has 0 spiro atoms. The Morgan fingerprint density at radius 3 is 2.29 bits per heavy atom. The molecule has 2 N–H and O–H groups in total. The number of nitrogens with one attached hydrogen (secondary N) is 2. The van der Waals surface area contributed by atoms with Crippen molar-refractivity contribution in [2.24, 2.45) is 0 Å². The van der Waals surface area contributed by atoms with Crippen molar-refractivity contribution in [3.05, 3.63) is 106 Å². The van der Waals surface area contributed by atoms with Gasteiger partial charge in [0.25, 0.3) is 5.91 Å². The second kappa shape index (κ2) is 12.6. The van der Waals surface area contributed by atoms with Gasteiger partial charge in [-0.2, -0.15) is 0 Å². The van der Waals surface area contributed by atoms with E-state index in [0.717, 1.165) is 22.9 Å². The van der Waals surface area contributed by atoms with Gasteiger partial charge in [-0.1, -0.05) is 71.7 Å². The molecule has 4 rings (SSSR count). The van der Waals surface area contributed by atoms with E-state index in [9.17, 15) is 14.4 Å². The number of esters is 1. The number of hydrogen-bond acceptors (Lipinski definition) is 4. The van der Waals surface area contributed by atoms with Crippen LogP contribution in [0.1, 0.15) is 54.2 Å². The molecule has 1 aliphatic heterocycles. The highest BCUT2D eigenvalue weighted by Gasteiger charge is 2.38. The van der Waals surface area contributed by atoms with Crippen molar-refractivity contribution in [2.75, 3.05) is 18.5 Å². The van der Waals surface area contributed by atoms with Crippen LogP contribution in [-0.4, -0.2) is 36.0 Å². The number of amides is 3. The summed E-state index contributed by atoms with van der Waals surface area (Å²) in [6.07, 6.45) is 1.69. The van der Waals surface area contributed by atoms with Gasteiger partial charge in [-0.15, -0.1) is 0 Å². The molecule has 8 heteroatoms. The molecule has 0 saturated carbocycles. The van der Waals surface area contributed by atoms with Gasteiger partial charge in [0.05, 0.1) is 23.9 Å². The van der Waals surface area contributed by atoms with E-state index < -0.39 is 12.0 Å². The van der Waals surface area contributed by atoms with Gasteiger partial charge in [0.15, 0.2) is 0 Å². The van der Waals surface area contributed by atoms with Crippen LogP contribution in [0.15, 0.2) is 88.9 Å². The zero-order valence-electron chi connectivity index (χ0n) is 21.4. The maximum Gasteiger partial charge on any atom is 0.338 e. The summed E-state index contributed by atoms with van der Waals surface area (Å²) >= 11 is 3.37. The number of benzene rings is 3. The highest BCUT2D eigenvalue weighted by molar-refractivity contribution is 9.10. The minimum absolute atomic E-state index is 0.209. The highest BCUT2D eigenvalue weighted by Crippen LogP contribution is 2.37. The number of carbonyl (C=O) groups is 3. The monoisotopic (exact) mass is 575 g/mol. The molecule has 0 aromatic heterocycles. The molecule has 196 valence electrons. The fourth-order valence-corrected chi connectivity index (χ4v) is 4.60. The number of rotatable bonds is 9. The summed E-state index contributed by atoms with van der Waals surface area (Å²) in [7, 11) is 0. The van der Waals surface area contributed by atoms with Crippen molar-refractivity contribution in [2.45, 2.75) is 32.7 Å². The predicted octanol–water partition coefficient (Wildman–Crippen LogP) is 6.54. The summed E-state index contributed by atoms with van der Waals surface area (Å²) in [5, 5.41) is 5.89. The van der Waals surface area contributed by atoms with Gasteiger partial charge in [-0.25, -0.2) is 9.59 Å². The van der Waals surface area contributed by atoms with E-state index in [-0.39, 0.29) is 18.5 Å². The van der Waals surface area contributed by atoms with Gasteiger partial charge in [0, 0.05) is 22.3 Å². The van der Waals surface area contributed by atoms with Gasteiger partial charge in [0.1, 0.15) is 0 Å². The summed E-state index contributed by atoms with van der Waals surface area (Å²) < 4.78 is 6.36. The predicted molar refractivity (Wildman–Crippen MR) is 151 cm³/mol. The number of carbonyl (C=O) groups excluding carboxylic acids is 3. The lowest BCUT2D eigenvalue weighted by Gasteiger charge is -2.37. The molecule has 7 nitrogen and oxygen atoms in total. The average molecular weight is 576 g/mol. The standard InChI is InChI=1S/C30H30BrN3O4/c1-3-5-19-34-27(21-9-7-6-8-10-21)25(29(36)38-4-2)26(33-30(34)37)20-13-17-24(18-14-20)32-28(35)22-11-15-23(31)16-12-22/h6-18,26H,3-5,19H2,1-2H3,(H,32,35)(H,33,37). The number of unbranched alkanes of at least 4 members (excludes halogenated alkanes) is 1. The summed E-state index contributed by atoms with van der Waals surface area (Å²) in [6, 6.07) is 22.6. The van der Waals surface area contributed by atoms with Crippen LogP contribution in [0.3, 0.4) is 0 Å². The third-order valence-electron chi connectivity index (χ3n) is 6.21. The van der Waals surface area contributed by atoms with Crippen LogP contribution < -0.4 is 10.6 Å². The topological polar surface area (TPSA) is 87.7 Å². The zero-order chi connectivity index (χ0) is 27.1. The van der Waals surface area contributed by atoms with Crippen LogP contribution in [0.2, 0.25) is 0 Å². The van der Waals surface area contributed by atoms with Crippen molar-refractivity contribution in [3.63, 3.8) is 0 Å². The van der Waals surface area contributed by atoms with E-state index >= 15 is 0 Å². The van der Waals surface area contributed by atoms with Gasteiger partial charge < -0.3 is 15.4 Å². The maximum atomic E-state index is 13.4. The van der Waals surface area contributed by atoms with Crippen LogP contribution in [0.5, 0.6) is 0 Å². The molecule has 3 amide bonds. The third-order valence-corrected chi connectivity index (χ3v) is 6.74. The molecule has 0 aliphatic carbocycles. The highest BCUT2D eigenvalue weighted by atomic mass is 79.9. The summed E-state index contributed by atoms with van der Waals surface area (Å²) in [4.78, 5) is 41.0. The number of urea groups is 1. The lowest BCUT2D eigenvalue weighted by molar-refractivity contribution is -0.138. The van der Waals surface area contributed by atoms with E-state index in [4.69, 9.17) is 4.74 Å². The molecule has 1 unspecified atom stereocenters. The van der Waals surface area contributed by atoms with Crippen LogP contribution in [0.25, 0.3) is 5.70 Å². The smallest absolute Gasteiger partial charge is 0.338 e.